The van der Waals surface area contributed by atoms with Gasteiger partial charge in [0.1, 0.15) is 11.5 Å². The van der Waals surface area contributed by atoms with Crippen molar-refractivity contribution < 1.29 is 31.8 Å². The van der Waals surface area contributed by atoms with Crippen molar-refractivity contribution in [1.29, 1.82) is 0 Å². The molecule has 2 aromatic rings. The molecule has 0 fully saturated rings. The summed E-state index contributed by atoms with van der Waals surface area (Å²) >= 11 is 0. The Labute approximate surface area is 140 Å². The van der Waals surface area contributed by atoms with E-state index >= 15 is 0 Å². The Bertz CT molecular complexity index is 679. The first kappa shape index (κ1) is 18.4. The van der Waals surface area contributed by atoms with Crippen LogP contribution in [0.15, 0.2) is 48.5 Å². The quantitative estimate of drug-likeness (QED) is 0.729. The van der Waals surface area contributed by atoms with Gasteiger partial charge < -0.3 is 20.1 Å². The second-order valence-electron chi connectivity index (χ2n) is 4.73. The Morgan fingerprint density at radius 3 is 1.80 bits per heavy atom. The summed E-state index contributed by atoms with van der Waals surface area (Å²) in [5.74, 6) is 0.00127. The van der Waals surface area contributed by atoms with Gasteiger partial charge in [-0.25, -0.2) is 4.79 Å². The van der Waals surface area contributed by atoms with Gasteiger partial charge in [0.15, 0.2) is 0 Å². The first-order valence-electron chi connectivity index (χ1n) is 7.06. The van der Waals surface area contributed by atoms with Crippen molar-refractivity contribution in [3.8, 4) is 11.5 Å². The smallest absolute Gasteiger partial charge is 0.387 e. The van der Waals surface area contributed by atoms with Crippen LogP contribution in [0.5, 0.6) is 11.5 Å². The highest BCUT2D eigenvalue weighted by atomic mass is 19.3. The third-order valence-electron chi connectivity index (χ3n) is 2.94. The van der Waals surface area contributed by atoms with Gasteiger partial charge in [-0.05, 0) is 42.0 Å². The highest BCUT2D eigenvalue weighted by Gasteiger charge is 2.06. The molecule has 0 saturated heterocycles. The number of ether oxygens (including phenoxy) is 2. The number of urea groups is 1. The summed E-state index contributed by atoms with van der Waals surface area (Å²) in [4.78, 5) is 11.8. The summed E-state index contributed by atoms with van der Waals surface area (Å²) in [6, 6.07) is 10.7. The largest absolute Gasteiger partial charge is 0.435 e. The summed E-state index contributed by atoms with van der Waals surface area (Å²) in [6.45, 7) is -5.65. The number of hydrogen-bond donors (Lipinski definition) is 2. The summed E-state index contributed by atoms with van der Waals surface area (Å²) in [7, 11) is 0. The molecular weight excluding hydrogens is 344 g/mol. The van der Waals surface area contributed by atoms with E-state index < -0.39 is 19.3 Å². The van der Waals surface area contributed by atoms with Gasteiger partial charge in [-0.1, -0.05) is 12.1 Å². The molecule has 2 N–H and O–H groups in total. The summed E-state index contributed by atoms with van der Waals surface area (Å²) in [6.07, 6.45) is 0. The van der Waals surface area contributed by atoms with Crippen LogP contribution in [0.3, 0.4) is 0 Å². The van der Waals surface area contributed by atoms with Crippen molar-refractivity contribution in [3.63, 3.8) is 0 Å². The van der Waals surface area contributed by atoms with Crippen LogP contribution in [-0.2, 0) is 6.54 Å². The molecule has 0 aliphatic heterocycles. The molecule has 0 spiro atoms. The molecule has 5 nitrogen and oxygen atoms in total. The minimum Gasteiger partial charge on any atom is -0.435 e. The molecule has 0 unspecified atom stereocenters. The molecule has 0 atom stereocenters. The second-order valence-corrected chi connectivity index (χ2v) is 4.73. The van der Waals surface area contributed by atoms with Crippen LogP contribution in [0.25, 0.3) is 0 Å². The van der Waals surface area contributed by atoms with Gasteiger partial charge in [-0.3, -0.25) is 0 Å². The minimum atomic E-state index is -2.92. The Hall–Kier alpha value is -2.97. The molecule has 0 bridgehead atoms. The van der Waals surface area contributed by atoms with Crippen molar-refractivity contribution in [2.45, 2.75) is 19.8 Å². The van der Waals surface area contributed by atoms with E-state index in [1.807, 2.05) is 0 Å². The molecule has 0 aliphatic carbocycles. The lowest BCUT2D eigenvalue weighted by Crippen LogP contribution is -2.28. The average Bonchev–Trinajstić information content (AvgIpc) is 2.55. The van der Waals surface area contributed by atoms with Gasteiger partial charge in [-0.15, -0.1) is 0 Å². The van der Waals surface area contributed by atoms with Gasteiger partial charge >= 0.3 is 19.3 Å². The normalized spacial score (nSPS) is 10.6. The summed E-state index contributed by atoms with van der Waals surface area (Å²) in [5, 5.41) is 5.08. The van der Waals surface area contributed by atoms with E-state index in [1.165, 1.54) is 48.5 Å². The standard InChI is InChI=1S/C16H14F4N2O3/c17-14(18)24-12-5-1-10(2-6-12)9-21-16(23)22-11-3-7-13(8-4-11)25-15(19)20/h1-8,14-15H,9H2,(H2,21,22,23). The number of halogens is 4. The van der Waals surface area contributed by atoms with Crippen LogP contribution in [-0.4, -0.2) is 19.3 Å². The van der Waals surface area contributed by atoms with E-state index in [1.54, 1.807) is 0 Å². The average molecular weight is 358 g/mol. The zero-order chi connectivity index (χ0) is 18.2. The third kappa shape index (κ3) is 6.58. The maximum atomic E-state index is 12.0. The van der Waals surface area contributed by atoms with Crippen molar-refractivity contribution in [2.75, 3.05) is 5.32 Å². The molecule has 9 heteroatoms. The van der Waals surface area contributed by atoms with E-state index in [0.29, 0.717) is 11.3 Å². The molecule has 2 aromatic carbocycles. The first-order valence-corrected chi connectivity index (χ1v) is 7.06. The van der Waals surface area contributed by atoms with Crippen LogP contribution >= 0.6 is 0 Å². The van der Waals surface area contributed by atoms with Gasteiger partial charge in [0.2, 0.25) is 0 Å². The molecule has 0 aromatic heterocycles. The number of amides is 2. The number of hydrogen-bond acceptors (Lipinski definition) is 3. The van der Waals surface area contributed by atoms with Crippen LogP contribution in [0.1, 0.15) is 5.56 Å². The predicted molar refractivity (Wildman–Crippen MR) is 82.0 cm³/mol. The minimum absolute atomic E-state index is 0.0212. The maximum absolute atomic E-state index is 12.0. The number of carbonyl (C=O) groups is 1. The lowest BCUT2D eigenvalue weighted by Gasteiger charge is -2.09. The van der Waals surface area contributed by atoms with Crippen LogP contribution in [0.2, 0.25) is 0 Å². The number of carbonyl (C=O) groups excluding carboxylic acids is 1. The van der Waals surface area contributed by atoms with Gasteiger partial charge in [-0.2, -0.15) is 17.6 Å². The molecule has 134 valence electrons. The fraction of sp³-hybridized carbons (Fsp3) is 0.188. The van der Waals surface area contributed by atoms with Crippen molar-refractivity contribution in [1.82, 2.24) is 5.32 Å². The molecule has 0 saturated carbocycles. The van der Waals surface area contributed by atoms with Crippen molar-refractivity contribution in [3.05, 3.63) is 54.1 Å². The lowest BCUT2D eigenvalue weighted by atomic mass is 10.2. The number of alkyl halides is 4. The number of benzene rings is 2. The van der Waals surface area contributed by atoms with Crippen molar-refractivity contribution >= 4 is 11.7 Å². The molecule has 0 aliphatic rings. The first-order chi connectivity index (χ1) is 11.9. The SMILES string of the molecule is O=C(NCc1ccc(OC(F)F)cc1)Nc1ccc(OC(F)F)cc1. The highest BCUT2D eigenvalue weighted by molar-refractivity contribution is 5.89. The van der Waals surface area contributed by atoms with Crippen LogP contribution < -0.4 is 20.1 Å². The lowest BCUT2D eigenvalue weighted by molar-refractivity contribution is -0.0505. The van der Waals surface area contributed by atoms with Crippen molar-refractivity contribution in [2.24, 2.45) is 0 Å². The Morgan fingerprint density at radius 2 is 1.32 bits per heavy atom. The Morgan fingerprint density at radius 1 is 0.840 bits per heavy atom. The topological polar surface area (TPSA) is 59.6 Å². The van der Waals surface area contributed by atoms with E-state index in [9.17, 15) is 22.4 Å². The Kier molecular flexibility index (Phi) is 6.44. The summed E-state index contributed by atoms with van der Waals surface area (Å²) in [5.41, 5.74) is 1.07. The maximum Gasteiger partial charge on any atom is 0.387 e. The molecule has 2 amide bonds. The summed E-state index contributed by atoms with van der Waals surface area (Å²) < 4.78 is 56.6. The molecule has 2 rings (SSSR count). The Balaban J connectivity index is 1.80. The fourth-order valence-electron chi connectivity index (χ4n) is 1.87. The third-order valence-corrected chi connectivity index (χ3v) is 2.94. The van der Waals surface area contributed by atoms with E-state index in [2.05, 4.69) is 20.1 Å². The van der Waals surface area contributed by atoms with Gasteiger partial charge in [0, 0.05) is 12.2 Å². The monoisotopic (exact) mass is 358 g/mol. The number of anilines is 1. The number of nitrogens with one attached hydrogen (secondary N) is 2. The molecule has 25 heavy (non-hydrogen) atoms. The molecule has 0 heterocycles. The fourth-order valence-corrected chi connectivity index (χ4v) is 1.87. The van der Waals surface area contributed by atoms with E-state index in [4.69, 9.17) is 0 Å². The zero-order valence-electron chi connectivity index (χ0n) is 12.7. The van der Waals surface area contributed by atoms with Gasteiger partial charge in [0.05, 0.1) is 0 Å². The molecule has 0 radical (unpaired) electrons. The number of rotatable bonds is 7. The predicted octanol–water partition coefficient (Wildman–Crippen LogP) is 4.21. The zero-order valence-corrected chi connectivity index (χ0v) is 12.7. The molecular formula is C16H14F4N2O3. The van der Waals surface area contributed by atoms with E-state index in [-0.39, 0.29) is 18.0 Å². The van der Waals surface area contributed by atoms with Gasteiger partial charge in [0.25, 0.3) is 0 Å². The van der Waals surface area contributed by atoms with E-state index in [0.717, 1.165) is 0 Å². The van der Waals surface area contributed by atoms with Crippen LogP contribution in [0, 0.1) is 0 Å². The highest BCUT2D eigenvalue weighted by Crippen LogP contribution is 2.18. The van der Waals surface area contributed by atoms with Crippen LogP contribution in [0.4, 0.5) is 28.0 Å². The second kappa shape index (κ2) is 8.76.